The second-order valence-corrected chi connectivity index (χ2v) is 5.97. The first-order chi connectivity index (χ1) is 11.0. The number of ether oxygens (including phenoxy) is 2. The summed E-state index contributed by atoms with van der Waals surface area (Å²) in [6, 6.07) is 9.14. The van der Waals surface area contributed by atoms with Crippen molar-refractivity contribution in [3.05, 3.63) is 46.3 Å². The lowest BCUT2D eigenvalue weighted by molar-refractivity contribution is -0.115. The molecule has 1 heterocycles. The normalized spacial score (nSPS) is 10.2. The Kier molecular flexibility index (Phi) is 5.76. The maximum absolute atomic E-state index is 12.1. The SMILES string of the molecule is CCOC(=O)c1sc(NC(=O)Cc2cccc(OC)c2)cc1C. The fourth-order valence-corrected chi connectivity index (χ4v) is 3.08. The van der Waals surface area contributed by atoms with E-state index in [2.05, 4.69) is 5.32 Å². The van der Waals surface area contributed by atoms with E-state index in [-0.39, 0.29) is 18.3 Å². The van der Waals surface area contributed by atoms with Crippen LogP contribution in [0.15, 0.2) is 30.3 Å². The standard InChI is InChI=1S/C17H19NO4S/c1-4-22-17(20)16-11(2)8-15(23-16)18-14(19)10-12-6-5-7-13(9-12)21-3/h5-9H,4,10H2,1-3H3,(H,18,19). The molecule has 0 atom stereocenters. The number of carbonyl (C=O) groups excluding carboxylic acids is 2. The van der Waals surface area contributed by atoms with E-state index in [9.17, 15) is 9.59 Å². The molecular formula is C17H19NO4S. The highest BCUT2D eigenvalue weighted by Gasteiger charge is 2.16. The molecule has 0 radical (unpaired) electrons. The molecule has 0 fully saturated rings. The number of nitrogens with one attached hydrogen (secondary N) is 1. The van der Waals surface area contributed by atoms with Crippen LogP contribution < -0.4 is 10.1 Å². The number of aryl methyl sites for hydroxylation is 1. The molecule has 0 bridgehead atoms. The molecule has 1 aromatic heterocycles. The molecule has 1 aromatic carbocycles. The zero-order chi connectivity index (χ0) is 16.8. The molecule has 0 aliphatic heterocycles. The van der Waals surface area contributed by atoms with Crippen LogP contribution >= 0.6 is 11.3 Å². The van der Waals surface area contributed by atoms with Crippen molar-refractivity contribution >= 4 is 28.2 Å². The summed E-state index contributed by atoms with van der Waals surface area (Å²) in [7, 11) is 1.59. The van der Waals surface area contributed by atoms with Gasteiger partial charge in [-0.05, 0) is 43.2 Å². The zero-order valence-corrected chi connectivity index (χ0v) is 14.2. The highest BCUT2D eigenvalue weighted by molar-refractivity contribution is 7.18. The smallest absolute Gasteiger partial charge is 0.348 e. The average Bonchev–Trinajstić information content (AvgIpc) is 2.88. The van der Waals surface area contributed by atoms with Gasteiger partial charge in [0.05, 0.1) is 25.1 Å². The summed E-state index contributed by atoms with van der Waals surface area (Å²) < 4.78 is 10.1. The van der Waals surface area contributed by atoms with Crippen LogP contribution in [0, 0.1) is 6.92 Å². The van der Waals surface area contributed by atoms with Crippen molar-refractivity contribution in [2.45, 2.75) is 20.3 Å². The van der Waals surface area contributed by atoms with E-state index >= 15 is 0 Å². The Labute approximate surface area is 139 Å². The molecule has 0 saturated carbocycles. The van der Waals surface area contributed by atoms with Crippen LogP contribution in [0.4, 0.5) is 5.00 Å². The highest BCUT2D eigenvalue weighted by Crippen LogP contribution is 2.27. The molecule has 0 unspecified atom stereocenters. The fourth-order valence-electron chi connectivity index (χ4n) is 2.09. The van der Waals surface area contributed by atoms with Gasteiger partial charge in [0.1, 0.15) is 10.6 Å². The lowest BCUT2D eigenvalue weighted by atomic mass is 10.1. The van der Waals surface area contributed by atoms with Gasteiger partial charge in [0.15, 0.2) is 0 Å². The zero-order valence-electron chi connectivity index (χ0n) is 13.3. The third-order valence-corrected chi connectivity index (χ3v) is 4.27. The number of hydrogen-bond donors (Lipinski definition) is 1. The summed E-state index contributed by atoms with van der Waals surface area (Å²) >= 11 is 1.22. The number of anilines is 1. The van der Waals surface area contributed by atoms with Crippen LogP contribution in [0.1, 0.15) is 27.7 Å². The van der Waals surface area contributed by atoms with Crippen LogP contribution in [0.2, 0.25) is 0 Å². The van der Waals surface area contributed by atoms with E-state index in [1.807, 2.05) is 31.2 Å². The van der Waals surface area contributed by atoms with Crippen molar-refractivity contribution in [3.8, 4) is 5.75 Å². The van der Waals surface area contributed by atoms with Crippen molar-refractivity contribution in [1.82, 2.24) is 0 Å². The second kappa shape index (κ2) is 7.78. The molecule has 1 N–H and O–H groups in total. The Balaban J connectivity index is 2.02. The van der Waals surface area contributed by atoms with Crippen LogP contribution in [0.5, 0.6) is 5.75 Å². The number of methoxy groups -OCH3 is 1. The van der Waals surface area contributed by atoms with E-state index in [1.165, 1.54) is 11.3 Å². The summed E-state index contributed by atoms with van der Waals surface area (Å²) in [5.74, 6) is 0.213. The van der Waals surface area contributed by atoms with Gasteiger partial charge in [-0.15, -0.1) is 11.3 Å². The van der Waals surface area contributed by atoms with E-state index in [0.717, 1.165) is 11.1 Å². The summed E-state index contributed by atoms with van der Waals surface area (Å²) in [4.78, 5) is 24.4. The van der Waals surface area contributed by atoms with Crippen LogP contribution in [-0.4, -0.2) is 25.6 Å². The Hall–Kier alpha value is -2.34. The number of carbonyl (C=O) groups is 2. The molecule has 122 valence electrons. The Morgan fingerprint density at radius 3 is 2.74 bits per heavy atom. The van der Waals surface area contributed by atoms with Crippen molar-refractivity contribution in [2.24, 2.45) is 0 Å². The van der Waals surface area contributed by atoms with Gasteiger partial charge in [0.25, 0.3) is 0 Å². The number of esters is 1. The van der Waals surface area contributed by atoms with Crippen LogP contribution in [-0.2, 0) is 16.0 Å². The van der Waals surface area contributed by atoms with Gasteiger partial charge in [-0.3, -0.25) is 4.79 Å². The molecule has 5 nitrogen and oxygen atoms in total. The summed E-state index contributed by atoms with van der Waals surface area (Å²) in [5, 5.41) is 3.45. The van der Waals surface area contributed by atoms with E-state index in [0.29, 0.717) is 22.2 Å². The van der Waals surface area contributed by atoms with Crippen LogP contribution in [0.25, 0.3) is 0 Å². The third-order valence-electron chi connectivity index (χ3n) is 3.14. The Bertz CT molecular complexity index is 708. The van der Waals surface area contributed by atoms with Gasteiger partial charge in [-0.25, -0.2) is 4.79 Å². The number of amides is 1. The molecule has 0 saturated heterocycles. The van der Waals surface area contributed by atoms with Crippen LogP contribution in [0.3, 0.4) is 0 Å². The van der Waals surface area contributed by atoms with Crippen molar-refractivity contribution in [2.75, 3.05) is 19.0 Å². The maximum atomic E-state index is 12.1. The van der Waals surface area contributed by atoms with Gasteiger partial charge in [-0.2, -0.15) is 0 Å². The third kappa shape index (κ3) is 4.56. The van der Waals surface area contributed by atoms with Crippen molar-refractivity contribution in [3.63, 3.8) is 0 Å². The Morgan fingerprint density at radius 2 is 2.04 bits per heavy atom. The molecule has 0 aliphatic rings. The van der Waals surface area contributed by atoms with Crippen molar-refractivity contribution < 1.29 is 19.1 Å². The molecule has 2 rings (SSSR count). The first-order valence-electron chi connectivity index (χ1n) is 7.23. The minimum Gasteiger partial charge on any atom is -0.497 e. The molecule has 0 spiro atoms. The second-order valence-electron chi connectivity index (χ2n) is 4.92. The minimum atomic E-state index is -0.358. The number of hydrogen-bond acceptors (Lipinski definition) is 5. The lowest BCUT2D eigenvalue weighted by Gasteiger charge is -2.05. The van der Waals surface area contributed by atoms with E-state index in [4.69, 9.17) is 9.47 Å². The van der Waals surface area contributed by atoms with E-state index in [1.54, 1.807) is 20.1 Å². The minimum absolute atomic E-state index is 0.144. The van der Waals surface area contributed by atoms with Gasteiger partial charge >= 0.3 is 5.97 Å². The quantitative estimate of drug-likeness (QED) is 0.823. The number of thiophene rings is 1. The summed E-state index contributed by atoms with van der Waals surface area (Å²) in [6.45, 7) is 3.91. The van der Waals surface area contributed by atoms with Gasteiger partial charge in [-0.1, -0.05) is 12.1 Å². The average molecular weight is 333 g/mol. The fraction of sp³-hybridized carbons (Fsp3) is 0.294. The topological polar surface area (TPSA) is 64.6 Å². The van der Waals surface area contributed by atoms with Gasteiger partial charge in [0.2, 0.25) is 5.91 Å². The lowest BCUT2D eigenvalue weighted by Crippen LogP contribution is -2.13. The predicted molar refractivity (Wildman–Crippen MR) is 90.3 cm³/mol. The Morgan fingerprint density at radius 1 is 1.26 bits per heavy atom. The molecule has 2 aromatic rings. The summed E-state index contributed by atoms with van der Waals surface area (Å²) in [6.07, 6.45) is 0.239. The van der Waals surface area contributed by atoms with Crippen molar-refractivity contribution in [1.29, 1.82) is 0 Å². The number of benzene rings is 1. The molecular weight excluding hydrogens is 314 g/mol. The first kappa shape index (κ1) is 17.0. The van der Waals surface area contributed by atoms with Gasteiger partial charge in [0, 0.05) is 0 Å². The van der Waals surface area contributed by atoms with E-state index < -0.39 is 0 Å². The maximum Gasteiger partial charge on any atom is 0.348 e. The largest absolute Gasteiger partial charge is 0.497 e. The summed E-state index contributed by atoms with van der Waals surface area (Å²) in [5.41, 5.74) is 1.66. The number of rotatable bonds is 6. The monoisotopic (exact) mass is 333 g/mol. The molecule has 1 amide bonds. The highest BCUT2D eigenvalue weighted by atomic mass is 32.1. The molecule has 6 heteroatoms. The molecule has 23 heavy (non-hydrogen) atoms. The predicted octanol–water partition coefficient (Wildman–Crippen LogP) is 3.42. The molecule has 0 aliphatic carbocycles. The first-order valence-corrected chi connectivity index (χ1v) is 8.05. The van der Waals surface area contributed by atoms with Gasteiger partial charge < -0.3 is 14.8 Å².